The average Bonchev–Trinajstić information content (AvgIpc) is 3.33. The van der Waals surface area contributed by atoms with Crippen LogP contribution in [0.25, 0.3) is 0 Å². The molecule has 0 aromatic carbocycles. The molecule has 0 aromatic rings. The van der Waals surface area contributed by atoms with E-state index in [-0.39, 0.29) is 25.1 Å². The minimum atomic E-state index is -0.197. The largest absolute Gasteiger partial charge is 0.444 e. The smallest absolute Gasteiger partial charge is 0.407 e. The quantitative estimate of drug-likeness (QED) is 0.602. The fourth-order valence-electron chi connectivity index (χ4n) is 11.1. The van der Waals surface area contributed by atoms with Crippen LogP contribution < -0.4 is 10.6 Å². The molecule has 0 bridgehead atoms. The summed E-state index contributed by atoms with van der Waals surface area (Å²) >= 11 is 0. The molecule has 186 valence electrons. The first-order valence-corrected chi connectivity index (χ1v) is 14.1. The third-order valence-electron chi connectivity index (χ3n) is 12.8. The third-order valence-corrected chi connectivity index (χ3v) is 12.8. The predicted octanol–water partition coefficient (Wildman–Crippen LogP) is 5.14. The maximum absolute atomic E-state index is 12.6. The van der Waals surface area contributed by atoms with Gasteiger partial charge in [0.1, 0.15) is 6.10 Å². The van der Waals surface area contributed by atoms with Gasteiger partial charge in [-0.25, -0.2) is 4.79 Å². The minimum absolute atomic E-state index is 0. The van der Waals surface area contributed by atoms with E-state index in [1.807, 2.05) is 0 Å². The van der Waals surface area contributed by atoms with Crippen LogP contribution in [0.1, 0.15) is 86.4 Å². The molecule has 2 heterocycles. The molecule has 1 amide bonds. The van der Waals surface area contributed by atoms with E-state index in [1.54, 1.807) is 0 Å². The SMILES string of the molecule is CC12CC[C@@]34CC35CC[C@H](NC(=O)OC3CNC3)C(C)(C)C5CCC4C1C[C@H]1OCCCC12.[HH]. The number of hydrogen-bond donors (Lipinski definition) is 2. The van der Waals surface area contributed by atoms with Crippen molar-refractivity contribution in [1.82, 2.24) is 10.6 Å². The van der Waals surface area contributed by atoms with Crippen molar-refractivity contribution in [3.05, 3.63) is 0 Å². The summed E-state index contributed by atoms with van der Waals surface area (Å²) in [5.74, 6) is 3.34. The summed E-state index contributed by atoms with van der Waals surface area (Å²) in [5.41, 5.74) is 1.78. The second-order valence-electron chi connectivity index (χ2n) is 14.0. The Morgan fingerprint density at radius 2 is 1.85 bits per heavy atom. The molecule has 5 saturated carbocycles. The van der Waals surface area contributed by atoms with Gasteiger partial charge in [0.05, 0.1) is 6.10 Å². The van der Waals surface area contributed by atoms with Gasteiger partial charge in [-0.2, -0.15) is 0 Å². The molecule has 5 heteroatoms. The Bertz CT molecular complexity index is 848. The van der Waals surface area contributed by atoms with Gasteiger partial charge in [-0.05, 0) is 110 Å². The number of carbonyl (C=O) groups excluding carboxylic acids is 1. The highest BCUT2D eigenvalue weighted by Crippen LogP contribution is 2.87. The summed E-state index contributed by atoms with van der Waals surface area (Å²) < 4.78 is 12.0. The molecular weight excluding hydrogens is 412 g/mol. The molecular formula is C28H46N2O3. The van der Waals surface area contributed by atoms with E-state index in [9.17, 15) is 4.79 Å². The fourth-order valence-corrected chi connectivity index (χ4v) is 11.1. The van der Waals surface area contributed by atoms with Gasteiger partial charge in [-0.15, -0.1) is 0 Å². The maximum atomic E-state index is 12.6. The Labute approximate surface area is 201 Å². The first-order chi connectivity index (χ1) is 15.8. The van der Waals surface area contributed by atoms with Crippen molar-refractivity contribution in [1.29, 1.82) is 0 Å². The molecule has 33 heavy (non-hydrogen) atoms. The second kappa shape index (κ2) is 6.90. The van der Waals surface area contributed by atoms with E-state index in [2.05, 4.69) is 31.4 Å². The van der Waals surface area contributed by atoms with Crippen molar-refractivity contribution >= 4 is 6.09 Å². The molecule has 2 saturated heterocycles. The topological polar surface area (TPSA) is 59.6 Å². The standard InChI is InChI=1S/C28H44N2O3.H2/c1-25(2)22-7-6-18-20-13-21-19(5-4-12-32-21)26(20,3)10-11-27(18)16-28(22,27)9-8-23(25)30-24(31)33-17-14-29-15-17;/h17-23,29H,4-16H2,1-3H3,(H,30,31);1H/t18?,19?,20?,21-,22?,23+,26?,27+,28?;/m1./s1. The Kier molecular flexibility index (Phi) is 4.49. The Hall–Kier alpha value is -0.810. The van der Waals surface area contributed by atoms with E-state index in [1.165, 1.54) is 57.8 Å². The van der Waals surface area contributed by atoms with E-state index < -0.39 is 0 Å². The summed E-state index contributed by atoms with van der Waals surface area (Å²) in [4.78, 5) is 12.6. The number of hydrogen-bond acceptors (Lipinski definition) is 4. The van der Waals surface area contributed by atoms with Gasteiger partial charge < -0.3 is 20.1 Å². The van der Waals surface area contributed by atoms with Gasteiger partial charge >= 0.3 is 6.09 Å². The van der Waals surface area contributed by atoms with E-state index in [0.29, 0.717) is 22.3 Å². The molecule has 9 atom stereocenters. The van der Waals surface area contributed by atoms with Gasteiger partial charge in [0.25, 0.3) is 0 Å². The van der Waals surface area contributed by atoms with Crippen LogP contribution in [0.4, 0.5) is 4.79 Å². The molecule has 2 N–H and O–H groups in total. The highest BCUT2D eigenvalue weighted by atomic mass is 16.6. The van der Waals surface area contributed by atoms with Crippen LogP contribution in [-0.4, -0.2) is 44.0 Å². The lowest BCUT2D eigenvalue weighted by atomic mass is 9.46. The van der Waals surface area contributed by atoms with E-state index >= 15 is 0 Å². The molecule has 2 spiro atoms. The van der Waals surface area contributed by atoms with Crippen molar-refractivity contribution in [2.75, 3.05) is 19.7 Å². The first kappa shape index (κ1) is 21.5. The summed E-state index contributed by atoms with van der Waals surface area (Å²) in [6, 6.07) is 0.236. The molecule has 0 radical (unpaired) electrons. The summed E-state index contributed by atoms with van der Waals surface area (Å²) in [6.07, 6.45) is 13.9. The molecule has 5 aliphatic carbocycles. The van der Waals surface area contributed by atoms with Crippen LogP contribution in [-0.2, 0) is 9.47 Å². The lowest BCUT2D eigenvalue weighted by Crippen LogP contribution is -2.59. The number of fused-ring (bicyclic) bond motifs is 4. The predicted molar refractivity (Wildman–Crippen MR) is 129 cm³/mol. The zero-order valence-electron chi connectivity index (χ0n) is 21.0. The number of nitrogens with one attached hydrogen (secondary N) is 2. The number of amides is 1. The second-order valence-corrected chi connectivity index (χ2v) is 14.0. The van der Waals surface area contributed by atoms with Crippen molar-refractivity contribution < 1.29 is 15.7 Å². The Morgan fingerprint density at radius 3 is 2.64 bits per heavy atom. The maximum Gasteiger partial charge on any atom is 0.407 e. The Morgan fingerprint density at radius 1 is 1.00 bits per heavy atom. The average molecular weight is 459 g/mol. The number of carbonyl (C=O) groups is 1. The van der Waals surface area contributed by atoms with Gasteiger partial charge in [0.2, 0.25) is 0 Å². The lowest BCUT2D eigenvalue weighted by molar-refractivity contribution is -0.105. The Balaban J connectivity index is 0.00000217. The van der Waals surface area contributed by atoms with Gasteiger partial charge in [0, 0.05) is 27.2 Å². The molecule has 2 aliphatic heterocycles. The zero-order valence-corrected chi connectivity index (χ0v) is 21.0. The number of alkyl carbamates (subject to hydrolysis) is 1. The van der Waals surface area contributed by atoms with Crippen molar-refractivity contribution in [3.8, 4) is 0 Å². The number of ether oxygens (including phenoxy) is 2. The fraction of sp³-hybridized carbons (Fsp3) is 0.964. The van der Waals surface area contributed by atoms with Crippen LogP contribution in [0.5, 0.6) is 0 Å². The van der Waals surface area contributed by atoms with Gasteiger partial charge in [0.15, 0.2) is 0 Å². The molecule has 7 rings (SSSR count). The van der Waals surface area contributed by atoms with E-state index in [4.69, 9.17) is 9.47 Å². The number of rotatable bonds is 2. The minimum Gasteiger partial charge on any atom is -0.444 e. The third kappa shape index (κ3) is 2.70. The van der Waals surface area contributed by atoms with Crippen molar-refractivity contribution in [2.24, 2.45) is 45.3 Å². The monoisotopic (exact) mass is 458 g/mol. The molecule has 7 aliphatic rings. The van der Waals surface area contributed by atoms with Crippen LogP contribution >= 0.6 is 0 Å². The normalized spacial score (nSPS) is 53.9. The van der Waals surface area contributed by atoms with Crippen LogP contribution in [0, 0.1) is 45.3 Å². The first-order valence-electron chi connectivity index (χ1n) is 14.1. The van der Waals surface area contributed by atoms with Crippen LogP contribution in [0.15, 0.2) is 0 Å². The van der Waals surface area contributed by atoms with Crippen LogP contribution in [0.3, 0.4) is 0 Å². The molecule has 7 fully saturated rings. The van der Waals surface area contributed by atoms with E-state index in [0.717, 1.165) is 49.8 Å². The summed E-state index contributed by atoms with van der Waals surface area (Å²) in [5, 5.41) is 6.50. The molecule has 6 unspecified atom stereocenters. The summed E-state index contributed by atoms with van der Waals surface area (Å²) in [6.45, 7) is 10.1. The summed E-state index contributed by atoms with van der Waals surface area (Å²) in [7, 11) is 0. The highest BCUT2D eigenvalue weighted by Gasteiger charge is 2.80. The zero-order chi connectivity index (χ0) is 22.6. The van der Waals surface area contributed by atoms with Gasteiger partial charge in [-0.3, -0.25) is 0 Å². The molecule has 5 nitrogen and oxygen atoms in total. The molecule has 0 aromatic heterocycles. The highest BCUT2D eigenvalue weighted by molar-refractivity contribution is 5.68. The van der Waals surface area contributed by atoms with Crippen molar-refractivity contribution in [2.45, 2.75) is 103 Å². The van der Waals surface area contributed by atoms with Crippen LogP contribution in [0.2, 0.25) is 0 Å². The lowest BCUT2D eigenvalue weighted by Gasteiger charge is -2.59. The van der Waals surface area contributed by atoms with Gasteiger partial charge in [-0.1, -0.05) is 20.8 Å². The van der Waals surface area contributed by atoms with Crippen molar-refractivity contribution in [3.63, 3.8) is 0 Å².